The van der Waals surface area contributed by atoms with Crippen LogP contribution < -0.4 is 10.1 Å². The van der Waals surface area contributed by atoms with Gasteiger partial charge in [-0.1, -0.05) is 13.8 Å². The molecule has 0 saturated heterocycles. The van der Waals surface area contributed by atoms with Gasteiger partial charge in [0.1, 0.15) is 11.4 Å². The summed E-state index contributed by atoms with van der Waals surface area (Å²) >= 11 is 0. The standard InChI is InChI=1S/C17H27NO/c1-10(2)9-18-15-11(3)12(4)16-14(13(15)5)8-17(6,7)19-16/h10,18H,8-9H2,1-7H3. The predicted molar refractivity (Wildman–Crippen MR) is 82.4 cm³/mol. The summed E-state index contributed by atoms with van der Waals surface area (Å²) in [5, 5.41) is 3.62. The smallest absolute Gasteiger partial charge is 0.127 e. The molecule has 0 amide bonds. The van der Waals surface area contributed by atoms with Crippen molar-refractivity contribution in [3.63, 3.8) is 0 Å². The van der Waals surface area contributed by atoms with E-state index < -0.39 is 0 Å². The first-order valence-corrected chi connectivity index (χ1v) is 7.28. The van der Waals surface area contributed by atoms with E-state index in [1.165, 1.54) is 27.9 Å². The topological polar surface area (TPSA) is 21.3 Å². The summed E-state index contributed by atoms with van der Waals surface area (Å²) in [6, 6.07) is 0. The normalized spacial score (nSPS) is 16.4. The van der Waals surface area contributed by atoms with Crippen LogP contribution in [0.2, 0.25) is 0 Å². The molecule has 19 heavy (non-hydrogen) atoms. The molecule has 2 heteroatoms. The first kappa shape index (κ1) is 14.2. The van der Waals surface area contributed by atoms with E-state index in [1.807, 2.05) is 0 Å². The molecular formula is C17H27NO. The van der Waals surface area contributed by atoms with Crippen molar-refractivity contribution in [1.29, 1.82) is 0 Å². The second-order valence-corrected chi connectivity index (χ2v) is 6.87. The Hall–Kier alpha value is -1.18. The maximum Gasteiger partial charge on any atom is 0.127 e. The molecule has 0 aromatic heterocycles. The lowest BCUT2D eigenvalue weighted by Gasteiger charge is -2.20. The van der Waals surface area contributed by atoms with Crippen molar-refractivity contribution in [3.8, 4) is 5.75 Å². The van der Waals surface area contributed by atoms with Gasteiger partial charge in [-0.3, -0.25) is 0 Å². The van der Waals surface area contributed by atoms with Crippen molar-refractivity contribution in [2.45, 2.75) is 60.5 Å². The molecule has 1 N–H and O–H groups in total. The van der Waals surface area contributed by atoms with E-state index in [-0.39, 0.29) is 5.60 Å². The van der Waals surface area contributed by atoms with Crippen LogP contribution in [-0.2, 0) is 6.42 Å². The third-order valence-electron chi connectivity index (χ3n) is 4.05. The molecule has 2 rings (SSSR count). The Labute approximate surface area is 117 Å². The van der Waals surface area contributed by atoms with Gasteiger partial charge in [0, 0.05) is 24.2 Å². The summed E-state index contributed by atoms with van der Waals surface area (Å²) in [7, 11) is 0. The Kier molecular flexibility index (Phi) is 3.55. The summed E-state index contributed by atoms with van der Waals surface area (Å²) in [5.41, 5.74) is 6.61. The fourth-order valence-corrected chi connectivity index (χ4v) is 2.85. The van der Waals surface area contributed by atoms with E-state index >= 15 is 0 Å². The van der Waals surface area contributed by atoms with E-state index in [9.17, 15) is 0 Å². The zero-order valence-corrected chi connectivity index (χ0v) is 13.4. The molecule has 106 valence electrons. The third-order valence-corrected chi connectivity index (χ3v) is 4.05. The Morgan fingerprint density at radius 3 is 2.32 bits per heavy atom. The summed E-state index contributed by atoms with van der Waals surface area (Å²) < 4.78 is 6.14. The molecule has 1 aliphatic rings. The molecule has 0 unspecified atom stereocenters. The van der Waals surface area contributed by atoms with Crippen LogP contribution in [0.5, 0.6) is 5.75 Å². The SMILES string of the molecule is Cc1c(C)c2c(c(C)c1NCC(C)C)CC(C)(C)O2. The lowest BCUT2D eigenvalue weighted by molar-refractivity contribution is 0.137. The van der Waals surface area contributed by atoms with Gasteiger partial charge in [0.25, 0.3) is 0 Å². The van der Waals surface area contributed by atoms with Gasteiger partial charge in [-0.05, 0) is 57.2 Å². The highest BCUT2D eigenvalue weighted by molar-refractivity contribution is 5.68. The van der Waals surface area contributed by atoms with E-state index in [4.69, 9.17) is 4.74 Å². The van der Waals surface area contributed by atoms with Gasteiger partial charge < -0.3 is 10.1 Å². The lowest BCUT2D eigenvalue weighted by Crippen LogP contribution is -2.24. The third kappa shape index (κ3) is 2.58. The average molecular weight is 261 g/mol. The molecule has 2 nitrogen and oxygen atoms in total. The Bertz CT molecular complexity index is 501. The van der Waals surface area contributed by atoms with Gasteiger partial charge in [-0.15, -0.1) is 0 Å². The van der Waals surface area contributed by atoms with Crippen LogP contribution in [0.3, 0.4) is 0 Å². The fourth-order valence-electron chi connectivity index (χ4n) is 2.85. The number of rotatable bonds is 3. The minimum absolute atomic E-state index is 0.0685. The van der Waals surface area contributed by atoms with Crippen LogP contribution >= 0.6 is 0 Å². The molecule has 1 aliphatic heterocycles. The molecule has 0 radical (unpaired) electrons. The first-order valence-electron chi connectivity index (χ1n) is 7.28. The van der Waals surface area contributed by atoms with Crippen LogP contribution in [0.4, 0.5) is 5.69 Å². The van der Waals surface area contributed by atoms with Crippen molar-refractivity contribution in [2.75, 3.05) is 11.9 Å². The molecule has 1 aromatic carbocycles. The summed E-state index contributed by atoms with van der Waals surface area (Å²) in [4.78, 5) is 0. The van der Waals surface area contributed by atoms with Crippen LogP contribution in [-0.4, -0.2) is 12.1 Å². The zero-order chi connectivity index (χ0) is 14.4. The molecule has 1 heterocycles. The maximum absolute atomic E-state index is 6.14. The quantitative estimate of drug-likeness (QED) is 0.871. The largest absolute Gasteiger partial charge is 0.487 e. The second kappa shape index (κ2) is 4.73. The fraction of sp³-hybridized carbons (Fsp3) is 0.647. The van der Waals surface area contributed by atoms with E-state index in [1.54, 1.807) is 0 Å². The van der Waals surface area contributed by atoms with Crippen LogP contribution in [0.15, 0.2) is 0 Å². The Morgan fingerprint density at radius 2 is 1.74 bits per heavy atom. The number of hydrogen-bond acceptors (Lipinski definition) is 2. The highest BCUT2D eigenvalue weighted by Gasteiger charge is 2.34. The van der Waals surface area contributed by atoms with Crippen molar-refractivity contribution < 1.29 is 4.74 Å². The number of hydrogen-bond donors (Lipinski definition) is 1. The molecule has 0 aliphatic carbocycles. The monoisotopic (exact) mass is 261 g/mol. The Balaban J connectivity index is 2.46. The molecule has 1 aromatic rings. The molecule has 0 bridgehead atoms. The van der Waals surface area contributed by atoms with Crippen molar-refractivity contribution in [3.05, 3.63) is 22.3 Å². The highest BCUT2D eigenvalue weighted by atomic mass is 16.5. The van der Waals surface area contributed by atoms with Crippen LogP contribution in [0, 0.1) is 26.7 Å². The summed E-state index contributed by atoms with van der Waals surface area (Å²) in [6.07, 6.45) is 1.01. The zero-order valence-electron chi connectivity index (χ0n) is 13.4. The second-order valence-electron chi connectivity index (χ2n) is 6.87. The predicted octanol–water partition coefficient (Wildman–Crippen LogP) is 4.39. The molecule has 0 saturated carbocycles. The van der Waals surface area contributed by atoms with Gasteiger partial charge in [0.05, 0.1) is 0 Å². The van der Waals surface area contributed by atoms with Crippen molar-refractivity contribution in [1.82, 2.24) is 0 Å². The minimum Gasteiger partial charge on any atom is -0.487 e. The van der Waals surface area contributed by atoms with E-state index in [0.29, 0.717) is 5.92 Å². The maximum atomic E-state index is 6.14. The molecular weight excluding hydrogens is 234 g/mol. The number of ether oxygens (including phenoxy) is 1. The average Bonchev–Trinajstić information content (AvgIpc) is 2.62. The summed E-state index contributed by atoms with van der Waals surface area (Å²) in [6.45, 7) is 16.4. The van der Waals surface area contributed by atoms with Gasteiger partial charge in [-0.2, -0.15) is 0 Å². The van der Waals surface area contributed by atoms with Crippen LogP contribution in [0.1, 0.15) is 49.9 Å². The molecule has 0 spiro atoms. The molecule has 0 fully saturated rings. The highest BCUT2D eigenvalue weighted by Crippen LogP contribution is 2.44. The molecule has 0 atom stereocenters. The number of anilines is 1. The number of fused-ring (bicyclic) bond motifs is 1. The minimum atomic E-state index is -0.0685. The van der Waals surface area contributed by atoms with Gasteiger partial charge in [0.15, 0.2) is 0 Å². The van der Waals surface area contributed by atoms with Crippen molar-refractivity contribution >= 4 is 5.69 Å². The van der Waals surface area contributed by atoms with E-state index in [2.05, 4.69) is 53.8 Å². The Morgan fingerprint density at radius 1 is 1.11 bits per heavy atom. The van der Waals surface area contributed by atoms with E-state index in [0.717, 1.165) is 18.7 Å². The first-order chi connectivity index (χ1) is 8.73. The number of benzene rings is 1. The summed E-state index contributed by atoms with van der Waals surface area (Å²) in [5.74, 6) is 1.77. The number of nitrogens with one attached hydrogen (secondary N) is 1. The van der Waals surface area contributed by atoms with Crippen molar-refractivity contribution in [2.24, 2.45) is 5.92 Å². The van der Waals surface area contributed by atoms with Gasteiger partial charge >= 0.3 is 0 Å². The van der Waals surface area contributed by atoms with Crippen LogP contribution in [0.25, 0.3) is 0 Å². The van der Waals surface area contributed by atoms with Gasteiger partial charge in [0.2, 0.25) is 0 Å². The van der Waals surface area contributed by atoms with Gasteiger partial charge in [-0.25, -0.2) is 0 Å². The lowest BCUT2D eigenvalue weighted by atomic mass is 9.92.